The Morgan fingerprint density at radius 2 is 1.89 bits per heavy atom. The molecule has 0 aliphatic rings. The van der Waals surface area contributed by atoms with E-state index in [1.54, 1.807) is 24.3 Å². The van der Waals surface area contributed by atoms with Crippen molar-refractivity contribution in [2.45, 2.75) is 10.6 Å². The minimum absolute atomic E-state index is 0.0686. The Balaban J connectivity index is 2.20. The lowest BCUT2D eigenvalue weighted by molar-refractivity contribution is 0.614. The van der Waals surface area contributed by atoms with Gasteiger partial charge in [-0.3, -0.25) is 4.21 Å². The average Bonchev–Trinajstić information content (AvgIpc) is 2.41. The van der Waals surface area contributed by atoms with Gasteiger partial charge in [-0.25, -0.2) is 4.39 Å². The summed E-state index contributed by atoms with van der Waals surface area (Å²) < 4.78 is 25.7. The van der Waals surface area contributed by atoms with E-state index in [1.165, 1.54) is 12.1 Å². The van der Waals surface area contributed by atoms with Crippen molar-refractivity contribution in [1.29, 1.82) is 5.26 Å². The molecule has 0 fully saturated rings. The van der Waals surface area contributed by atoms with Gasteiger partial charge in [0.05, 0.1) is 28.2 Å². The highest BCUT2D eigenvalue weighted by atomic mass is 35.5. The normalized spacial score (nSPS) is 11.8. The van der Waals surface area contributed by atoms with Gasteiger partial charge in [0.25, 0.3) is 0 Å². The van der Waals surface area contributed by atoms with Gasteiger partial charge in [0.1, 0.15) is 5.82 Å². The molecule has 2 aromatic rings. The molecule has 0 bridgehead atoms. The topological polar surface area (TPSA) is 40.9 Å². The number of hydrogen-bond donors (Lipinski definition) is 0. The molecule has 0 saturated carbocycles. The molecule has 2 rings (SSSR count). The maximum atomic E-state index is 13.7. The monoisotopic (exact) mass is 293 g/mol. The first-order valence-electron chi connectivity index (χ1n) is 5.42. The molecule has 0 aromatic heterocycles. The molecule has 5 heteroatoms. The first kappa shape index (κ1) is 13.7. The van der Waals surface area contributed by atoms with Crippen molar-refractivity contribution in [2.24, 2.45) is 0 Å². The molecule has 0 radical (unpaired) electrons. The second kappa shape index (κ2) is 5.96. The van der Waals surface area contributed by atoms with Crippen LogP contribution in [0.4, 0.5) is 4.39 Å². The van der Waals surface area contributed by atoms with Crippen molar-refractivity contribution >= 4 is 22.4 Å². The molecule has 0 heterocycles. The van der Waals surface area contributed by atoms with Crippen molar-refractivity contribution in [3.63, 3.8) is 0 Å². The van der Waals surface area contributed by atoms with Crippen molar-refractivity contribution < 1.29 is 8.60 Å². The largest absolute Gasteiger partial charge is 0.254 e. The molecule has 19 heavy (non-hydrogen) atoms. The van der Waals surface area contributed by atoms with Crippen LogP contribution in [0.1, 0.15) is 11.1 Å². The van der Waals surface area contributed by atoms with E-state index in [0.717, 1.165) is 6.07 Å². The third-order valence-electron chi connectivity index (χ3n) is 2.55. The van der Waals surface area contributed by atoms with Gasteiger partial charge in [0, 0.05) is 15.5 Å². The van der Waals surface area contributed by atoms with E-state index in [1.807, 2.05) is 6.07 Å². The fourth-order valence-corrected chi connectivity index (χ4v) is 2.79. The third kappa shape index (κ3) is 3.40. The second-order valence-electron chi connectivity index (χ2n) is 3.86. The number of rotatable bonds is 3. The minimum Gasteiger partial charge on any atom is -0.254 e. The van der Waals surface area contributed by atoms with E-state index in [2.05, 4.69) is 0 Å². The van der Waals surface area contributed by atoms with Crippen molar-refractivity contribution in [1.82, 2.24) is 0 Å². The van der Waals surface area contributed by atoms with E-state index in [0.29, 0.717) is 15.5 Å². The minimum atomic E-state index is -1.34. The van der Waals surface area contributed by atoms with E-state index in [-0.39, 0.29) is 11.3 Å². The Hall–Kier alpha value is -1.70. The summed E-state index contributed by atoms with van der Waals surface area (Å²) in [7, 11) is -1.34. The zero-order valence-electron chi connectivity index (χ0n) is 9.77. The molecule has 0 amide bonds. The fourth-order valence-electron chi connectivity index (χ4n) is 1.54. The highest BCUT2D eigenvalue weighted by molar-refractivity contribution is 7.84. The fraction of sp³-hybridized carbons (Fsp3) is 0.0714. The van der Waals surface area contributed by atoms with E-state index < -0.39 is 16.6 Å². The van der Waals surface area contributed by atoms with Gasteiger partial charge in [-0.15, -0.1) is 0 Å². The molecule has 0 saturated heterocycles. The van der Waals surface area contributed by atoms with Crippen LogP contribution in [0.15, 0.2) is 47.4 Å². The first-order valence-corrected chi connectivity index (χ1v) is 7.12. The predicted octanol–water partition coefficient (Wildman–Crippen LogP) is 3.66. The van der Waals surface area contributed by atoms with Crippen molar-refractivity contribution in [3.8, 4) is 6.07 Å². The number of nitrogens with zero attached hydrogens (tertiary/aromatic N) is 1. The standard InChI is InChI=1S/C14H9ClFNOS/c15-12-3-5-13(6-4-12)19(18)9-11-2-1-10(8-17)7-14(11)16/h1-7H,9H2. The Morgan fingerprint density at radius 3 is 2.47 bits per heavy atom. The van der Waals surface area contributed by atoms with Gasteiger partial charge < -0.3 is 0 Å². The first-order chi connectivity index (χ1) is 9.10. The molecule has 2 nitrogen and oxygen atoms in total. The van der Waals surface area contributed by atoms with E-state index >= 15 is 0 Å². The van der Waals surface area contributed by atoms with Crippen LogP contribution >= 0.6 is 11.6 Å². The van der Waals surface area contributed by atoms with Crippen LogP contribution in [0.25, 0.3) is 0 Å². The Labute approximate surface area is 117 Å². The smallest absolute Gasteiger partial charge is 0.128 e. The van der Waals surface area contributed by atoms with Crippen LogP contribution in [0, 0.1) is 17.1 Å². The van der Waals surface area contributed by atoms with Gasteiger partial charge in [0.2, 0.25) is 0 Å². The zero-order valence-corrected chi connectivity index (χ0v) is 11.3. The molecular weight excluding hydrogens is 285 g/mol. The molecular formula is C14H9ClFNOS. The van der Waals surface area contributed by atoms with E-state index in [4.69, 9.17) is 16.9 Å². The summed E-state index contributed by atoms with van der Waals surface area (Å²) in [6.07, 6.45) is 0. The molecule has 1 atom stereocenters. The van der Waals surface area contributed by atoms with Crippen LogP contribution in [0.3, 0.4) is 0 Å². The summed E-state index contributed by atoms with van der Waals surface area (Å²) >= 11 is 5.75. The predicted molar refractivity (Wildman–Crippen MR) is 72.7 cm³/mol. The molecule has 2 aromatic carbocycles. The molecule has 0 aliphatic heterocycles. The Kier molecular flexibility index (Phi) is 4.31. The number of halogens is 2. The van der Waals surface area contributed by atoms with Gasteiger partial charge in [-0.1, -0.05) is 17.7 Å². The molecule has 0 aliphatic carbocycles. The lowest BCUT2D eigenvalue weighted by atomic mass is 10.1. The summed E-state index contributed by atoms with van der Waals surface area (Å²) in [6, 6.07) is 12.6. The summed E-state index contributed by atoms with van der Waals surface area (Å²) in [5, 5.41) is 9.21. The quantitative estimate of drug-likeness (QED) is 0.866. The maximum absolute atomic E-state index is 13.7. The van der Waals surface area contributed by atoms with Crippen LogP contribution in [0.5, 0.6) is 0 Å². The summed E-state index contributed by atoms with van der Waals surface area (Å²) in [4.78, 5) is 0.591. The van der Waals surface area contributed by atoms with Gasteiger partial charge in [-0.2, -0.15) is 5.26 Å². The highest BCUT2D eigenvalue weighted by Crippen LogP contribution is 2.18. The van der Waals surface area contributed by atoms with Crippen LogP contribution in [-0.4, -0.2) is 4.21 Å². The lowest BCUT2D eigenvalue weighted by Crippen LogP contribution is -1.99. The van der Waals surface area contributed by atoms with Crippen molar-refractivity contribution in [3.05, 3.63) is 64.4 Å². The zero-order chi connectivity index (χ0) is 13.8. The molecule has 0 spiro atoms. The number of nitriles is 1. The average molecular weight is 294 g/mol. The van der Waals surface area contributed by atoms with Gasteiger partial charge in [-0.05, 0) is 36.4 Å². The maximum Gasteiger partial charge on any atom is 0.128 e. The summed E-state index contributed by atoms with van der Waals surface area (Å²) in [5.41, 5.74) is 0.575. The van der Waals surface area contributed by atoms with Crippen LogP contribution in [-0.2, 0) is 16.6 Å². The van der Waals surface area contributed by atoms with E-state index in [9.17, 15) is 8.60 Å². The molecule has 0 N–H and O–H groups in total. The third-order valence-corrected chi connectivity index (χ3v) is 4.17. The summed E-state index contributed by atoms with van der Waals surface area (Å²) in [5.74, 6) is -0.444. The molecule has 1 unspecified atom stereocenters. The van der Waals surface area contributed by atoms with Crippen molar-refractivity contribution in [2.75, 3.05) is 0 Å². The Morgan fingerprint density at radius 1 is 1.21 bits per heavy atom. The number of hydrogen-bond acceptors (Lipinski definition) is 2. The van der Waals surface area contributed by atoms with Gasteiger partial charge >= 0.3 is 0 Å². The second-order valence-corrected chi connectivity index (χ2v) is 5.75. The summed E-state index contributed by atoms with van der Waals surface area (Å²) in [6.45, 7) is 0. The highest BCUT2D eigenvalue weighted by Gasteiger charge is 2.09. The SMILES string of the molecule is N#Cc1ccc(CS(=O)c2ccc(Cl)cc2)c(F)c1. The lowest BCUT2D eigenvalue weighted by Gasteiger charge is -2.04. The number of benzene rings is 2. The van der Waals surface area contributed by atoms with Crippen LogP contribution < -0.4 is 0 Å². The Bertz CT molecular complexity index is 664. The van der Waals surface area contributed by atoms with Gasteiger partial charge in [0.15, 0.2) is 0 Å². The molecule has 96 valence electrons. The van der Waals surface area contributed by atoms with Crippen LogP contribution in [0.2, 0.25) is 5.02 Å².